The van der Waals surface area contributed by atoms with Crippen molar-refractivity contribution in [3.8, 4) is 0 Å². The standard InChI is InChI=1S/C17H18FNO3/c18-10-2-5-12-9(7-10)1-4-13(12)16(20)19-11-3-6-15(19)14(8-11)17(21)22/h2,5,7,11,13-15H,1,3-4,6,8H2,(H,21,22). The molecule has 3 aliphatic rings. The van der Waals surface area contributed by atoms with E-state index in [9.17, 15) is 19.1 Å². The van der Waals surface area contributed by atoms with Gasteiger partial charge in [-0.05, 0) is 55.4 Å². The molecule has 4 unspecified atom stereocenters. The second-order valence-electron chi connectivity index (χ2n) is 6.66. The van der Waals surface area contributed by atoms with Crippen molar-refractivity contribution in [1.29, 1.82) is 0 Å². The van der Waals surface area contributed by atoms with E-state index in [0.717, 1.165) is 30.4 Å². The number of hydrogen-bond donors (Lipinski definition) is 1. The van der Waals surface area contributed by atoms with Crippen molar-refractivity contribution in [2.45, 2.75) is 50.1 Å². The molecule has 1 amide bonds. The van der Waals surface area contributed by atoms with Gasteiger partial charge in [0, 0.05) is 12.1 Å². The van der Waals surface area contributed by atoms with Crippen LogP contribution in [0.25, 0.3) is 0 Å². The number of nitrogens with zero attached hydrogens (tertiary/aromatic N) is 1. The van der Waals surface area contributed by atoms with Crippen LogP contribution in [-0.4, -0.2) is 34.0 Å². The largest absolute Gasteiger partial charge is 0.481 e. The van der Waals surface area contributed by atoms with Crippen LogP contribution in [0.2, 0.25) is 0 Å². The molecule has 2 fully saturated rings. The molecule has 2 aliphatic heterocycles. The monoisotopic (exact) mass is 303 g/mol. The van der Waals surface area contributed by atoms with Crippen molar-refractivity contribution in [2.75, 3.05) is 0 Å². The second-order valence-corrected chi connectivity index (χ2v) is 6.66. The Morgan fingerprint density at radius 1 is 1.23 bits per heavy atom. The summed E-state index contributed by atoms with van der Waals surface area (Å²) in [6.07, 6.45) is 3.69. The molecule has 1 N–H and O–H groups in total. The average Bonchev–Trinajstić information content (AvgIpc) is 3.17. The van der Waals surface area contributed by atoms with Gasteiger partial charge < -0.3 is 10.0 Å². The number of hydrogen-bond acceptors (Lipinski definition) is 2. The molecule has 0 aromatic heterocycles. The number of rotatable bonds is 2. The molecule has 2 bridgehead atoms. The third kappa shape index (κ3) is 1.87. The molecule has 1 aromatic carbocycles. The highest BCUT2D eigenvalue weighted by Gasteiger charge is 2.52. The highest BCUT2D eigenvalue weighted by molar-refractivity contribution is 5.87. The first kappa shape index (κ1) is 13.7. The first-order valence-electron chi connectivity index (χ1n) is 7.89. The summed E-state index contributed by atoms with van der Waals surface area (Å²) in [6.45, 7) is 0. The topological polar surface area (TPSA) is 57.6 Å². The molecule has 22 heavy (non-hydrogen) atoms. The molecule has 4 rings (SSSR count). The molecule has 1 aromatic rings. The predicted molar refractivity (Wildman–Crippen MR) is 76.9 cm³/mol. The van der Waals surface area contributed by atoms with Gasteiger partial charge in [0.25, 0.3) is 0 Å². The van der Waals surface area contributed by atoms with Crippen LogP contribution < -0.4 is 0 Å². The van der Waals surface area contributed by atoms with E-state index >= 15 is 0 Å². The fraction of sp³-hybridized carbons (Fsp3) is 0.529. The van der Waals surface area contributed by atoms with Gasteiger partial charge in [-0.1, -0.05) is 6.07 Å². The maximum absolute atomic E-state index is 13.3. The van der Waals surface area contributed by atoms with E-state index in [1.807, 2.05) is 4.90 Å². The molecular formula is C17H18FNO3. The lowest BCUT2D eigenvalue weighted by Gasteiger charge is -2.26. The number of carboxylic acid groups (broad SMARTS) is 1. The zero-order valence-electron chi connectivity index (χ0n) is 12.2. The number of carbonyl (C=O) groups excluding carboxylic acids is 1. The molecule has 5 heteroatoms. The van der Waals surface area contributed by atoms with E-state index < -0.39 is 11.9 Å². The maximum Gasteiger partial charge on any atom is 0.308 e. The lowest BCUT2D eigenvalue weighted by atomic mass is 9.89. The summed E-state index contributed by atoms with van der Waals surface area (Å²) >= 11 is 0. The normalized spacial score (nSPS) is 32.3. The third-order valence-electron chi connectivity index (χ3n) is 5.59. The van der Waals surface area contributed by atoms with Crippen molar-refractivity contribution in [1.82, 2.24) is 4.90 Å². The number of fused-ring (bicyclic) bond motifs is 3. The van der Waals surface area contributed by atoms with Crippen LogP contribution in [0, 0.1) is 11.7 Å². The van der Waals surface area contributed by atoms with Crippen LogP contribution in [0.15, 0.2) is 18.2 Å². The maximum atomic E-state index is 13.3. The van der Waals surface area contributed by atoms with Crippen LogP contribution >= 0.6 is 0 Å². The van der Waals surface area contributed by atoms with E-state index in [1.54, 1.807) is 6.07 Å². The van der Waals surface area contributed by atoms with Crippen molar-refractivity contribution in [3.05, 3.63) is 35.1 Å². The predicted octanol–water partition coefficient (Wildman–Crippen LogP) is 2.32. The molecule has 2 heterocycles. The van der Waals surface area contributed by atoms with Gasteiger partial charge in [-0.25, -0.2) is 4.39 Å². The van der Waals surface area contributed by atoms with Crippen LogP contribution in [-0.2, 0) is 16.0 Å². The SMILES string of the molecule is O=C(O)C1CC2CCC1N2C(=O)C1CCc2cc(F)ccc21. The lowest BCUT2D eigenvalue weighted by molar-refractivity contribution is -0.143. The Hall–Kier alpha value is -1.91. The molecular weight excluding hydrogens is 285 g/mol. The third-order valence-corrected chi connectivity index (χ3v) is 5.59. The molecule has 116 valence electrons. The average molecular weight is 303 g/mol. The van der Waals surface area contributed by atoms with Crippen molar-refractivity contribution >= 4 is 11.9 Å². The highest BCUT2D eigenvalue weighted by atomic mass is 19.1. The number of carboxylic acids is 1. The minimum absolute atomic E-state index is 0.0432. The van der Waals surface area contributed by atoms with Gasteiger partial charge in [-0.2, -0.15) is 0 Å². The Kier molecular flexibility index (Phi) is 2.99. The van der Waals surface area contributed by atoms with Crippen LogP contribution in [0.3, 0.4) is 0 Å². The van der Waals surface area contributed by atoms with Gasteiger partial charge in [0.05, 0.1) is 11.8 Å². The summed E-state index contributed by atoms with van der Waals surface area (Å²) < 4.78 is 13.3. The molecule has 0 spiro atoms. The van der Waals surface area contributed by atoms with E-state index in [2.05, 4.69) is 0 Å². The Morgan fingerprint density at radius 3 is 2.77 bits per heavy atom. The second kappa shape index (κ2) is 4.80. The first-order valence-corrected chi connectivity index (χ1v) is 7.89. The van der Waals surface area contributed by atoms with Gasteiger partial charge in [-0.15, -0.1) is 0 Å². The number of benzene rings is 1. The smallest absolute Gasteiger partial charge is 0.308 e. The molecule has 1 aliphatic carbocycles. The minimum atomic E-state index is -0.793. The number of aryl methyl sites for hydroxylation is 1. The quantitative estimate of drug-likeness (QED) is 0.912. The van der Waals surface area contributed by atoms with Gasteiger partial charge in [0.15, 0.2) is 0 Å². The van der Waals surface area contributed by atoms with Gasteiger partial charge in [-0.3, -0.25) is 9.59 Å². The summed E-state index contributed by atoms with van der Waals surface area (Å²) in [5.41, 5.74) is 1.84. The van der Waals surface area contributed by atoms with E-state index in [0.29, 0.717) is 12.8 Å². The summed E-state index contributed by atoms with van der Waals surface area (Å²) in [4.78, 5) is 26.1. The van der Waals surface area contributed by atoms with Crippen LogP contribution in [0.5, 0.6) is 0 Å². The molecule has 0 saturated carbocycles. The number of amides is 1. The van der Waals surface area contributed by atoms with Crippen LogP contribution in [0.4, 0.5) is 4.39 Å². The van der Waals surface area contributed by atoms with Crippen molar-refractivity contribution in [3.63, 3.8) is 0 Å². The molecule has 2 saturated heterocycles. The van der Waals surface area contributed by atoms with Gasteiger partial charge in [0.2, 0.25) is 5.91 Å². The van der Waals surface area contributed by atoms with Crippen LogP contribution in [0.1, 0.15) is 42.7 Å². The fourth-order valence-corrected chi connectivity index (χ4v) is 4.62. The van der Waals surface area contributed by atoms with E-state index in [1.165, 1.54) is 12.1 Å². The number of aliphatic carboxylic acids is 1. The fourth-order valence-electron chi connectivity index (χ4n) is 4.62. The Morgan fingerprint density at radius 2 is 2.05 bits per heavy atom. The van der Waals surface area contributed by atoms with Gasteiger partial charge >= 0.3 is 5.97 Å². The Labute approximate surface area is 127 Å². The molecule has 0 radical (unpaired) electrons. The molecule has 4 atom stereocenters. The number of halogens is 1. The summed E-state index contributed by atoms with van der Waals surface area (Å²) in [5.74, 6) is -1.66. The van der Waals surface area contributed by atoms with Crippen molar-refractivity contribution in [2.24, 2.45) is 5.92 Å². The minimum Gasteiger partial charge on any atom is -0.481 e. The number of carbonyl (C=O) groups is 2. The zero-order chi connectivity index (χ0) is 15.4. The Bertz CT molecular complexity index is 659. The van der Waals surface area contributed by atoms with Crippen molar-refractivity contribution < 1.29 is 19.1 Å². The summed E-state index contributed by atoms with van der Waals surface area (Å²) in [7, 11) is 0. The highest BCUT2D eigenvalue weighted by Crippen LogP contribution is 2.45. The van der Waals surface area contributed by atoms with E-state index in [-0.39, 0.29) is 29.7 Å². The summed E-state index contributed by atoms with van der Waals surface area (Å²) in [5, 5.41) is 9.31. The summed E-state index contributed by atoms with van der Waals surface area (Å²) in [6, 6.07) is 4.56. The first-order chi connectivity index (χ1) is 10.6. The van der Waals surface area contributed by atoms with Gasteiger partial charge in [0.1, 0.15) is 5.82 Å². The Balaban J connectivity index is 1.61. The lowest BCUT2D eigenvalue weighted by Crippen LogP contribution is -2.40. The molecule has 4 nitrogen and oxygen atoms in total. The van der Waals surface area contributed by atoms with E-state index in [4.69, 9.17) is 0 Å². The zero-order valence-corrected chi connectivity index (χ0v) is 12.2.